The molecule has 1 heterocycles. The molecule has 0 spiro atoms. The fourth-order valence-corrected chi connectivity index (χ4v) is 2.09. The fraction of sp³-hybridized carbons (Fsp3) is 0.538. The SMILES string of the molecule is OCCN(CC1(CO)COC1)c1ccccc1. The van der Waals surface area contributed by atoms with E-state index in [0.717, 1.165) is 5.69 Å². The van der Waals surface area contributed by atoms with Crippen LogP contribution in [0.1, 0.15) is 0 Å². The summed E-state index contributed by atoms with van der Waals surface area (Å²) in [4.78, 5) is 2.10. The number of para-hydroxylation sites is 1. The second-order valence-electron chi connectivity index (χ2n) is 4.63. The lowest BCUT2D eigenvalue weighted by atomic mass is 9.86. The van der Waals surface area contributed by atoms with Crippen LogP contribution >= 0.6 is 0 Å². The summed E-state index contributed by atoms with van der Waals surface area (Å²) in [5.74, 6) is 0. The van der Waals surface area contributed by atoms with E-state index in [4.69, 9.17) is 9.84 Å². The summed E-state index contributed by atoms with van der Waals surface area (Å²) in [5, 5.41) is 18.6. The van der Waals surface area contributed by atoms with Crippen molar-refractivity contribution in [2.24, 2.45) is 5.41 Å². The first-order valence-electron chi connectivity index (χ1n) is 5.89. The number of hydrogen-bond donors (Lipinski definition) is 2. The van der Waals surface area contributed by atoms with Crippen LogP contribution in [-0.4, -0.2) is 49.7 Å². The fourth-order valence-electron chi connectivity index (χ4n) is 2.09. The molecule has 0 saturated carbocycles. The van der Waals surface area contributed by atoms with Crippen LogP contribution in [0, 0.1) is 5.41 Å². The molecule has 0 aliphatic carbocycles. The molecule has 4 heteroatoms. The quantitative estimate of drug-likeness (QED) is 0.756. The lowest BCUT2D eigenvalue weighted by molar-refractivity contribution is -0.131. The summed E-state index contributed by atoms with van der Waals surface area (Å²) in [5.41, 5.74) is 0.909. The Morgan fingerprint density at radius 1 is 1.18 bits per heavy atom. The molecule has 1 fully saturated rings. The highest BCUT2D eigenvalue weighted by atomic mass is 16.5. The molecule has 1 aromatic rings. The summed E-state index contributed by atoms with van der Waals surface area (Å²) in [6.07, 6.45) is 0. The summed E-state index contributed by atoms with van der Waals surface area (Å²) in [6, 6.07) is 9.95. The normalized spacial score (nSPS) is 17.5. The van der Waals surface area contributed by atoms with Crippen molar-refractivity contribution in [1.29, 1.82) is 0 Å². The minimum atomic E-state index is -0.162. The highest BCUT2D eigenvalue weighted by Gasteiger charge is 2.39. The van der Waals surface area contributed by atoms with Gasteiger partial charge in [-0.2, -0.15) is 0 Å². The van der Waals surface area contributed by atoms with Crippen LogP contribution in [0.4, 0.5) is 5.69 Å². The third kappa shape index (κ3) is 2.77. The third-order valence-corrected chi connectivity index (χ3v) is 3.17. The maximum absolute atomic E-state index is 9.43. The van der Waals surface area contributed by atoms with Gasteiger partial charge < -0.3 is 19.8 Å². The molecule has 94 valence electrons. The number of nitrogens with zero attached hydrogens (tertiary/aromatic N) is 1. The van der Waals surface area contributed by atoms with Gasteiger partial charge >= 0.3 is 0 Å². The number of anilines is 1. The molecule has 0 unspecified atom stereocenters. The maximum Gasteiger partial charge on any atom is 0.0606 e. The van der Waals surface area contributed by atoms with E-state index in [9.17, 15) is 5.11 Å². The monoisotopic (exact) mass is 237 g/mol. The standard InChI is InChI=1S/C13H19NO3/c15-7-6-14(12-4-2-1-3-5-12)8-13(9-16)10-17-11-13/h1-5,15-16H,6-11H2. The molecule has 0 amide bonds. The molecule has 1 saturated heterocycles. The van der Waals surface area contributed by atoms with Crippen molar-refractivity contribution in [3.05, 3.63) is 30.3 Å². The number of aliphatic hydroxyl groups is 2. The summed E-state index contributed by atoms with van der Waals surface area (Å²) in [6.45, 7) is 2.72. The minimum absolute atomic E-state index is 0.108. The largest absolute Gasteiger partial charge is 0.396 e. The van der Waals surface area contributed by atoms with E-state index in [1.807, 2.05) is 30.3 Å². The second-order valence-corrected chi connectivity index (χ2v) is 4.63. The molecule has 17 heavy (non-hydrogen) atoms. The Kier molecular flexibility index (Phi) is 3.99. The number of benzene rings is 1. The van der Waals surface area contributed by atoms with Gasteiger partial charge in [-0.05, 0) is 12.1 Å². The second kappa shape index (κ2) is 5.49. The Hall–Kier alpha value is -1.10. The summed E-state index contributed by atoms with van der Waals surface area (Å²) in [7, 11) is 0. The number of ether oxygens (including phenoxy) is 1. The highest BCUT2D eigenvalue weighted by Crippen LogP contribution is 2.29. The van der Waals surface area contributed by atoms with Crippen LogP contribution in [0.3, 0.4) is 0 Å². The summed E-state index contributed by atoms with van der Waals surface area (Å²) >= 11 is 0. The van der Waals surface area contributed by atoms with Gasteiger partial charge in [0.05, 0.1) is 31.8 Å². The van der Waals surface area contributed by atoms with E-state index in [2.05, 4.69) is 4.90 Å². The zero-order valence-corrected chi connectivity index (χ0v) is 9.88. The van der Waals surface area contributed by atoms with Gasteiger partial charge in [-0.15, -0.1) is 0 Å². The average Bonchev–Trinajstić information content (AvgIpc) is 2.33. The van der Waals surface area contributed by atoms with Crippen LogP contribution in [0.5, 0.6) is 0 Å². The van der Waals surface area contributed by atoms with Gasteiger partial charge in [-0.25, -0.2) is 0 Å². The lowest BCUT2D eigenvalue weighted by Gasteiger charge is -2.43. The molecule has 0 atom stereocenters. The first kappa shape index (κ1) is 12.4. The molecular weight excluding hydrogens is 218 g/mol. The molecule has 0 bridgehead atoms. The van der Waals surface area contributed by atoms with E-state index in [1.54, 1.807) is 0 Å². The smallest absolute Gasteiger partial charge is 0.0606 e. The van der Waals surface area contributed by atoms with Crippen LogP contribution in [0.25, 0.3) is 0 Å². The molecule has 0 radical (unpaired) electrons. The predicted octanol–water partition coefficient (Wildman–Crippen LogP) is 0.494. The van der Waals surface area contributed by atoms with Crippen LogP contribution < -0.4 is 4.90 Å². The van der Waals surface area contributed by atoms with Gasteiger partial charge in [0.2, 0.25) is 0 Å². The molecule has 2 N–H and O–H groups in total. The van der Waals surface area contributed by atoms with Crippen LogP contribution in [0.15, 0.2) is 30.3 Å². The van der Waals surface area contributed by atoms with Crippen molar-refractivity contribution in [3.63, 3.8) is 0 Å². The number of hydrogen-bond acceptors (Lipinski definition) is 4. The zero-order chi connectivity index (χ0) is 12.1. The molecular formula is C13H19NO3. The Balaban J connectivity index is 2.07. The molecule has 2 rings (SSSR count). The lowest BCUT2D eigenvalue weighted by Crippen LogP contribution is -2.53. The first-order chi connectivity index (χ1) is 8.29. The molecule has 1 aliphatic rings. The van der Waals surface area contributed by atoms with E-state index in [1.165, 1.54) is 0 Å². The first-order valence-corrected chi connectivity index (χ1v) is 5.89. The van der Waals surface area contributed by atoms with Gasteiger partial charge in [-0.3, -0.25) is 0 Å². The van der Waals surface area contributed by atoms with Crippen LogP contribution in [-0.2, 0) is 4.74 Å². The van der Waals surface area contributed by atoms with Gasteiger partial charge in [0.15, 0.2) is 0 Å². The topological polar surface area (TPSA) is 52.9 Å². The Morgan fingerprint density at radius 2 is 1.88 bits per heavy atom. The maximum atomic E-state index is 9.43. The Bertz CT molecular complexity index is 332. The van der Waals surface area contributed by atoms with Gasteiger partial charge in [0.25, 0.3) is 0 Å². The van der Waals surface area contributed by atoms with Gasteiger partial charge in [0.1, 0.15) is 0 Å². The van der Waals surface area contributed by atoms with E-state index >= 15 is 0 Å². The predicted molar refractivity (Wildman–Crippen MR) is 66.1 cm³/mol. The van der Waals surface area contributed by atoms with Crippen molar-refractivity contribution in [2.45, 2.75) is 0 Å². The van der Waals surface area contributed by atoms with E-state index in [0.29, 0.717) is 26.3 Å². The van der Waals surface area contributed by atoms with Crippen molar-refractivity contribution in [1.82, 2.24) is 0 Å². The van der Waals surface area contributed by atoms with Crippen molar-refractivity contribution in [3.8, 4) is 0 Å². The Labute approximate surface area is 101 Å². The van der Waals surface area contributed by atoms with Crippen molar-refractivity contribution >= 4 is 5.69 Å². The molecule has 1 aliphatic heterocycles. The number of aliphatic hydroxyl groups excluding tert-OH is 2. The molecule has 0 aromatic heterocycles. The van der Waals surface area contributed by atoms with Crippen LogP contribution in [0.2, 0.25) is 0 Å². The highest BCUT2D eigenvalue weighted by molar-refractivity contribution is 5.46. The molecule has 4 nitrogen and oxygen atoms in total. The van der Waals surface area contributed by atoms with Gasteiger partial charge in [0, 0.05) is 18.8 Å². The van der Waals surface area contributed by atoms with Gasteiger partial charge in [-0.1, -0.05) is 18.2 Å². The number of rotatable bonds is 6. The summed E-state index contributed by atoms with van der Waals surface area (Å²) < 4.78 is 5.19. The third-order valence-electron chi connectivity index (χ3n) is 3.17. The van der Waals surface area contributed by atoms with E-state index < -0.39 is 0 Å². The van der Waals surface area contributed by atoms with E-state index in [-0.39, 0.29) is 18.6 Å². The molecule has 1 aromatic carbocycles. The Morgan fingerprint density at radius 3 is 2.35 bits per heavy atom. The zero-order valence-electron chi connectivity index (χ0n) is 9.88. The van der Waals surface area contributed by atoms with Crippen molar-refractivity contribution < 1.29 is 14.9 Å². The van der Waals surface area contributed by atoms with Crippen molar-refractivity contribution in [2.75, 3.05) is 44.4 Å². The minimum Gasteiger partial charge on any atom is -0.396 e. The average molecular weight is 237 g/mol.